The molecular formula is C15H12O3. The van der Waals surface area contributed by atoms with Crippen molar-refractivity contribution in [1.82, 2.24) is 0 Å². The van der Waals surface area contributed by atoms with Crippen LogP contribution in [0.4, 0.5) is 0 Å². The lowest BCUT2D eigenvalue weighted by Crippen LogP contribution is -2.14. The Kier molecular flexibility index (Phi) is 2.73. The number of esters is 1. The van der Waals surface area contributed by atoms with Crippen LogP contribution >= 0.6 is 0 Å². The van der Waals surface area contributed by atoms with Gasteiger partial charge in [0.05, 0.1) is 12.7 Å². The average molecular weight is 240 g/mol. The number of hydrogen-bond acceptors (Lipinski definition) is 3. The average Bonchev–Trinajstić information content (AvgIpc) is 2.93. The second kappa shape index (κ2) is 4.53. The summed E-state index contributed by atoms with van der Waals surface area (Å²) in [6.45, 7) is 0. The number of rotatable bonds is 2. The Hall–Kier alpha value is -2.29. The second-order valence-corrected chi connectivity index (χ2v) is 4.20. The standard InChI is InChI=1S/C15H12O3/c16-15-10-12(13-7-4-8-17-13)9-14(18-15)11-5-2-1-3-6-11/h1-9,12H,10H2/t12-/m0/s1. The van der Waals surface area contributed by atoms with E-state index in [-0.39, 0.29) is 11.9 Å². The monoisotopic (exact) mass is 240 g/mol. The van der Waals surface area contributed by atoms with Crippen LogP contribution in [0.5, 0.6) is 0 Å². The molecule has 90 valence electrons. The maximum Gasteiger partial charge on any atom is 0.312 e. The van der Waals surface area contributed by atoms with E-state index in [4.69, 9.17) is 9.15 Å². The molecular weight excluding hydrogens is 228 g/mol. The predicted molar refractivity (Wildman–Crippen MR) is 66.6 cm³/mol. The van der Waals surface area contributed by atoms with Gasteiger partial charge in [0.1, 0.15) is 11.5 Å². The molecule has 18 heavy (non-hydrogen) atoms. The summed E-state index contributed by atoms with van der Waals surface area (Å²) in [6, 6.07) is 13.3. The summed E-state index contributed by atoms with van der Waals surface area (Å²) in [5.74, 6) is 1.13. The van der Waals surface area contributed by atoms with Gasteiger partial charge in [0, 0.05) is 11.5 Å². The number of ether oxygens (including phenoxy) is 1. The molecule has 3 rings (SSSR count). The summed E-state index contributed by atoms with van der Waals surface area (Å²) < 4.78 is 10.6. The lowest BCUT2D eigenvalue weighted by molar-refractivity contribution is -0.137. The molecule has 0 fully saturated rings. The van der Waals surface area contributed by atoms with E-state index < -0.39 is 0 Å². The van der Waals surface area contributed by atoms with Crippen molar-refractivity contribution in [2.75, 3.05) is 0 Å². The smallest absolute Gasteiger partial charge is 0.312 e. The minimum atomic E-state index is -0.224. The molecule has 0 amide bonds. The van der Waals surface area contributed by atoms with E-state index >= 15 is 0 Å². The molecule has 1 atom stereocenters. The predicted octanol–water partition coefficient (Wildman–Crippen LogP) is 3.35. The fourth-order valence-electron chi connectivity index (χ4n) is 2.06. The van der Waals surface area contributed by atoms with Gasteiger partial charge in [0.2, 0.25) is 0 Å². The van der Waals surface area contributed by atoms with E-state index in [2.05, 4.69) is 0 Å². The van der Waals surface area contributed by atoms with Crippen LogP contribution in [0.2, 0.25) is 0 Å². The lowest BCUT2D eigenvalue weighted by Gasteiger charge is -2.19. The molecule has 2 aromatic rings. The van der Waals surface area contributed by atoms with Crippen molar-refractivity contribution in [2.45, 2.75) is 12.3 Å². The number of carbonyl (C=O) groups excluding carboxylic acids is 1. The van der Waals surface area contributed by atoms with Gasteiger partial charge in [-0.2, -0.15) is 0 Å². The summed E-state index contributed by atoms with van der Waals surface area (Å²) >= 11 is 0. The molecule has 0 unspecified atom stereocenters. The first-order valence-electron chi connectivity index (χ1n) is 5.84. The molecule has 1 aliphatic rings. The van der Waals surface area contributed by atoms with E-state index in [9.17, 15) is 4.79 Å². The lowest BCUT2D eigenvalue weighted by atomic mass is 9.97. The fourth-order valence-corrected chi connectivity index (χ4v) is 2.06. The number of allylic oxidation sites excluding steroid dienone is 1. The van der Waals surface area contributed by atoms with Crippen LogP contribution in [0.25, 0.3) is 5.76 Å². The zero-order chi connectivity index (χ0) is 12.4. The van der Waals surface area contributed by atoms with Crippen molar-refractivity contribution < 1.29 is 13.9 Å². The number of hydrogen-bond donors (Lipinski definition) is 0. The Morgan fingerprint density at radius 1 is 1.06 bits per heavy atom. The van der Waals surface area contributed by atoms with Crippen molar-refractivity contribution >= 4 is 11.7 Å². The molecule has 2 heterocycles. The zero-order valence-corrected chi connectivity index (χ0v) is 9.71. The van der Waals surface area contributed by atoms with Gasteiger partial charge in [-0.25, -0.2) is 0 Å². The second-order valence-electron chi connectivity index (χ2n) is 4.20. The number of cyclic esters (lactones) is 1. The molecule has 0 spiro atoms. The molecule has 0 saturated heterocycles. The van der Waals surface area contributed by atoms with Crippen LogP contribution in [-0.4, -0.2) is 5.97 Å². The van der Waals surface area contributed by atoms with Crippen LogP contribution < -0.4 is 0 Å². The molecule has 3 heteroatoms. The SMILES string of the molecule is O=C1C[C@@H](c2ccco2)C=C(c2ccccc2)O1. The highest BCUT2D eigenvalue weighted by molar-refractivity contribution is 5.82. The Labute approximate surface area is 105 Å². The third kappa shape index (κ3) is 2.07. The van der Waals surface area contributed by atoms with Crippen molar-refractivity contribution in [3.63, 3.8) is 0 Å². The number of carbonyl (C=O) groups is 1. The summed E-state index contributed by atoms with van der Waals surface area (Å²) in [6.07, 6.45) is 3.88. The molecule has 3 nitrogen and oxygen atoms in total. The molecule has 0 radical (unpaired) electrons. The molecule has 1 aliphatic heterocycles. The molecule has 1 aromatic heterocycles. The highest BCUT2D eigenvalue weighted by atomic mass is 16.5. The molecule has 1 aromatic carbocycles. The first kappa shape index (κ1) is 10.8. The zero-order valence-electron chi connectivity index (χ0n) is 9.71. The van der Waals surface area contributed by atoms with E-state index in [0.717, 1.165) is 11.3 Å². The van der Waals surface area contributed by atoms with Gasteiger partial charge in [-0.15, -0.1) is 0 Å². The van der Waals surface area contributed by atoms with E-state index in [1.807, 2.05) is 48.5 Å². The summed E-state index contributed by atoms with van der Waals surface area (Å²) in [5.41, 5.74) is 0.905. The van der Waals surface area contributed by atoms with Crippen molar-refractivity contribution in [2.24, 2.45) is 0 Å². The normalized spacial score (nSPS) is 19.2. The van der Waals surface area contributed by atoms with Gasteiger partial charge >= 0.3 is 5.97 Å². The van der Waals surface area contributed by atoms with Crippen molar-refractivity contribution in [3.8, 4) is 0 Å². The van der Waals surface area contributed by atoms with Crippen LogP contribution in [0.15, 0.2) is 59.2 Å². The number of furan rings is 1. The quantitative estimate of drug-likeness (QED) is 0.756. The third-order valence-electron chi connectivity index (χ3n) is 2.93. The van der Waals surface area contributed by atoms with E-state index in [0.29, 0.717) is 12.2 Å². The van der Waals surface area contributed by atoms with Gasteiger partial charge in [0.25, 0.3) is 0 Å². The minimum Gasteiger partial charge on any atom is -0.469 e. The molecule has 0 aliphatic carbocycles. The van der Waals surface area contributed by atoms with Crippen molar-refractivity contribution in [3.05, 3.63) is 66.1 Å². The maximum atomic E-state index is 11.6. The highest BCUT2D eigenvalue weighted by Gasteiger charge is 2.25. The van der Waals surface area contributed by atoms with Gasteiger partial charge in [0.15, 0.2) is 0 Å². The van der Waals surface area contributed by atoms with Gasteiger partial charge in [-0.1, -0.05) is 30.3 Å². The van der Waals surface area contributed by atoms with E-state index in [1.54, 1.807) is 6.26 Å². The number of benzene rings is 1. The summed E-state index contributed by atoms with van der Waals surface area (Å²) in [4.78, 5) is 11.6. The largest absolute Gasteiger partial charge is 0.469 e. The Bertz CT molecular complexity index is 567. The van der Waals surface area contributed by atoms with Crippen LogP contribution in [0.1, 0.15) is 23.7 Å². The molecule has 0 bridgehead atoms. The molecule has 0 N–H and O–H groups in total. The van der Waals surface area contributed by atoms with Gasteiger partial charge in [-0.05, 0) is 18.2 Å². The third-order valence-corrected chi connectivity index (χ3v) is 2.93. The highest BCUT2D eigenvalue weighted by Crippen LogP contribution is 2.32. The Morgan fingerprint density at radius 2 is 1.89 bits per heavy atom. The Balaban J connectivity index is 1.97. The van der Waals surface area contributed by atoms with Gasteiger partial charge < -0.3 is 9.15 Å². The van der Waals surface area contributed by atoms with Gasteiger partial charge in [-0.3, -0.25) is 4.79 Å². The van der Waals surface area contributed by atoms with Crippen LogP contribution in [0.3, 0.4) is 0 Å². The maximum absolute atomic E-state index is 11.6. The topological polar surface area (TPSA) is 39.4 Å². The Morgan fingerprint density at radius 3 is 2.61 bits per heavy atom. The fraction of sp³-hybridized carbons (Fsp3) is 0.133. The first-order valence-corrected chi connectivity index (χ1v) is 5.84. The summed E-state index contributed by atoms with van der Waals surface area (Å²) in [5, 5.41) is 0. The van der Waals surface area contributed by atoms with Crippen LogP contribution in [0, 0.1) is 0 Å². The first-order chi connectivity index (χ1) is 8.83. The summed E-state index contributed by atoms with van der Waals surface area (Å²) in [7, 11) is 0. The molecule has 0 saturated carbocycles. The van der Waals surface area contributed by atoms with Crippen LogP contribution in [-0.2, 0) is 9.53 Å². The van der Waals surface area contributed by atoms with E-state index in [1.165, 1.54) is 0 Å². The minimum absolute atomic E-state index is 0.0449. The van der Waals surface area contributed by atoms with Crippen molar-refractivity contribution in [1.29, 1.82) is 0 Å².